The van der Waals surface area contributed by atoms with Crippen LogP contribution in [0.5, 0.6) is 0 Å². The highest BCUT2D eigenvalue weighted by molar-refractivity contribution is 7.90. The maximum absolute atomic E-state index is 11.4. The standard InChI is InChI=1S/C10H13N3O5S2/c11-9-5-10(14,20(13,17)18)4-6-3-7(19(12,15)16)1-2-8(6)9/h1-3,11,14H,4-5H2,(H2,12,15,16)(H2,13,17,18). The molecule has 1 aliphatic carbocycles. The van der Waals surface area contributed by atoms with E-state index in [1.165, 1.54) is 12.1 Å². The molecule has 8 nitrogen and oxygen atoms in total. The van der Waals surface area contributed by atoms with Crippen molar-refractivity contribution < 1.29 is 21.9 Å². The van der Waals surface area contributed by atoms with Crippen LogP contribution in [-0.4, -0.2) is 32.6 Å². The van der Waals surface area contributed by atoms with Crippen molar-refractivity contribution in [3.05, 3.63) is 29.3 Å². The van der Waals surface area contributed by atoms with E-state index in [4.69, 9.17) is 15.7 Å². The molecule has 0 fully saturated rings. The number of sulfonamides is 2. The summed E-state index contributed by atoms with van der Waals surface area (Å²) in [6.45, 7) is 0. The van der Waals surface area contributed by atoms with Crippen LogP contribution >= 0.6 is 0 Å². The Hall–Kier alpha value is -1.33. The van der Waals surface area contributed by atoms with Crippen LogP contribution in [0.15, 0.2) is 23.1 Å². The summed E-state index contributed by atoms with van der Waals surface area (Å²) >= 11 is 0. The van der Waals surface area contributed by atoms with E-state index in [0.29, 0.717) is 5.56 Å². The number of nitrogens with two attached hydrogens (primary N) is 2. The van der Waals surface area contributed by atoms with Crippen LogP contribution in [0.3, 0.4) is 0 Å². The predicted molar refractivity (Wildman–Crippen MR) is 71.0 cm³/mol. The molecule has 110 valence electrons. The van der Waals surface area contributed by atoms with Gasteiger partial charge >= 0.3 is 0 Å². The zero-order valence-corrected chi connectivity index (χ0v) is 11.8. The normalized spacial score (nSPS) is 23.4. The van der Waals surface area contributed by atoms with E-state index in [1.807, 2.05) is 0 Å². The van der Waals surface area contributed by atoms with Crippen LogP contribution in [0.25, 0.3) is 0 Å². The highest BCUT2D eigenvalue weighted by atomic mass is 32.2. The summed E-state index contributed by atoms with van der Waals surface area (Å²) in [5.41, 5.74) is 0.429. The number of rotatable bonds is 2. The largest absolute Gasteiger partial charge is 0.373 e. The first-order valence-corrected chi connectivity index (χ1v) is 8.51. The van der Waals surface area contributed by atoms with Gasteiger partial charge in [0.05, 0.1) is 4.90 Å². The topological polar surface area (TPSA) is 164 Å². The lowest BCUT2D eigenvalue weighted by molar-refractivity contribution is 0.129. The third kappa shape index (κ3) is 2.47. The lowest BCUT2D eigenvalue weighted by Crippen LogP contribution is -2.49. The van der Waals surface area contributed by atoms with Gasteiger partial charge in [-0.3, -0.25) is 0 Å². The monoisotopic (exact) mass is 319 g/mol. The molecule has 0 bridgehead atoms. The average Bonchev–Trinajstić information content (AvgIpc) is 2.25. The number of primary sulfonamides is 2. The molecule has 0 radical (unpaired) electrons. The number of fused-ring (bicyclic) bond motifs is 1. The molecule has 0 aliphatic heterocycles. The SMILES string of the molecule is N=C1CC(O)(S(N)(=O)=O)Cc2cc(S(N)(=O)=O)ccc21. The van der Waals surface area contributed by atoms with Gasteiger partial charge in [-0.15, -0.1) is 0 Å². The van der Waals surface area contributed by atoms with Crippen molar-refractivity contribution in [3.63, 3.8) is 0 Å². The first-order valence-electron chi connectivity index (χ1n) is 5.42. The first kappa shape index (κ1) is 15.1. The fraction of sp³-hybridized carbons (Fsp3) is 0.300. The summed E-state index contributed by atoms with van der Waals surface area (Å²) < 4.78 is 45.4. The van der Waals surface area contributed by atoms with Crippen LogP contribution in [-0.2, 0) is 26.5 Å². The number of hydrogen-bond donors (Lipinski definition) is 4. The summed E-state index contributed by atoms with van der Waals surface area (Å²) in [6.07, 6.45) is -0.847. The molecule has 20 heavy (non-hydrogen) atoms. The molecular weight excluding hydrogens is 306 g/mol. The molecular formula is C10H13N3O5S2. The van der Waals surface area contributed by atoms with Gasteiger partial charge in [0.15, 0.2) is 4.93 Å². The molecule has 0 heterocycles. The van der Waals surface area contributed by atoms with Crippen LogP contribution in [0.2, 0.25) is 0 Å². The van der Waals surface area contributed by atoms with Gasteiger partial charge in [-0.1, -0.05) is 6.07 Å². The van der Waals surface area contributed by atoms with Gasteiger partial charge in [0.2, 0.25) is 20.0 Å². The fourth-order valence-corrected chi connectivity index (χ4v) is 3.39. The van der Waals surface area contributed by atoms with E-state index < -0.39 is 37.8 Å². The zero-order chi connectivity index (χ0) is 15.3. The Kier molecular flexibility index (Phi) is 3.26. The quantitative estimate of drug-likeness (QED) is 0.527. The number of hydrogen-bond acceptors (Lipinski definition) is 6. The summed E-state index contributed by atoms with van der Waals surface area (Å²) in [4.78, 5) is -2.53. The Morgan fingerprint density at radius 1 is 1.15 bits per heavy atom. The Morgan fingerprint density at radius 3 is 2.25 bits per heavy atom. The van der Waals surface area contributed by atoms with Crippen LogP contribution < -0.4 is 10.3 Å². The van der Waals surface area contributed by atoms with Crippen molar-refractivity contribution in [1.29, 1.82) is 5.41 Å². The van der Waals surface area contributed by atoms with Gasteiger partial charge in [-0.25, -0.2) is 27.1 Å². The highest BCUT2D eigenvalue weighted by Gasteiger charge is 2.44. The molecule has 1 aromatic carbocycles. The lowest BCUT2D eigenvalue weighted by Gasteiger charge is -2.31. The lowest BCUT2D eigenvalue weighted by atomic mass is 9.88. The zero-order valence-electron chi connectivity index (χ0n) is 10.2. The number of nitrogens with one attached hydrogen (secondary N) is 1. The van der Waals surface area contributed by atoms with E-state index in [-0.39, 0.29) is 16.2 Å². The summed E-state index contributed by atoms with van der Waals surface area (Å²) in [7, 11) is -8.27. The van der Waals surface area contributed by atoms with Gasteiger partial charge in [0, 0.05) is 18.6 Å². The number of benzene rings is 1. The minimum absolute atomic E-state index is 0.135. The molecule has 0 aromatic heterocycles. The molecule has 0 amide bonds. The molecule has 10 heteroatoms. The van der Waals surface area contributed by atoms with Gasteiger partial charge in [0.1, 0.15) is 0 Å². The predicted octanol–water partition coefficient (Wildman–Crippen LogP) is -1.37. The van der Waals surface area contributed by atoms with Crippen molar-refractivity contribution in [2.45, 2.75) is 22.7 Å². The third-order valence-corrected chi connectivity index (χ3v) is 5.44. The summed E-state index contributed by atoms with van der Waals surface area (Å²) in [6, 6.07) is 3.73. The Labute approximate surface area is 116 Å². The molecule has 0 saturated carbocycles. The maximum Gasteiger partial charge on any atom is 0.239 e. The minimum atomic E-state index is -4.32. The maximum atomic E-state index is 11.4. The Balaban J connectivity index is 2.62. The smallest absolute Gasteiger partial charge is 0.239 e. The van der Waals surface area contributed by atoms with Crippen molar-refractivity contribution in [1.82, 2.24) is 0 Å². The van der Waals surface area contributed by atoms with E-state index in [1.54, 1.807) is 0 Å². The highest BCUT2D eigenvalue weighted by Crippen LogP contribution is 2.32. The molecule has 2 rings (SSSR count). The molecule has 0 saturated heterocycles. The van der Waals surface area contributed by atoms with Crippen molar-refractivity contribution >= 4 is 25.8 Å². The Morgan fingerprint density at radius 2 is 1.75 bits per heavy atom. The molecule has 6 N–H and O–H groups in total. The first-order chi connectivity index (χ1) is 8.94. The molecule has 0 spiro atoms. The molecule has 1 aliphatic rings. The van der Waals surface area contributed by atoms with Gasteiger partial charge < -0.3 is 10.5 Å². The molecule has 1 unspecified atom stereocenters. The third-order valence-electron chi connectivity index (χ3n) is 3.18. The minimum Gasteiger partial charge on any atom is -0.373 e. The summed E-state index contributed by atoms with van der Waals surface area (Å²) in [5.74, 6) is 0. The van der Waals surface area contributed by atoms with Crippen LogP contribution in [0.4, 0.5) is 0 Å². The van der Waals surface area contributed by atoms with Crippen molar-refractivity contribution in [3.8, 4) is 0 Å². The van der Waals surface area contributed by atoms with Gasteiger partial charge in [-0.2, -0.15) is 0 Å². The molecule has 1 atom stereocenters. The second-order valence-electron chi connectivity index (χ2n) is 4.69. The Bertz CT molecular complexity index is 800. The van der Waals surface area contributed by atoms with E-state index in [2.05, 4.69) is 0 Å². The van der Waals surface area contributed by atoms with E-state index in [9.17, 15) is 21.9 Å². The van der Waals surface area contributed by atoms with Crippen LogP contribution in [0.1, 0.15) is 17.5 Å². The van der Waals surface area contributed by atoms with E-state index >= 15 is 0 Å². The number of aliphatic hydroxyl groups is 1. The second-order valence-corrected chi connectivity index (χ2v) is 8.10. The van der Waals surface area contributed by atoms with E-state index in [0.717, 1.165) is 6.07 Å². The average molecular weight is 319 g/mol. The van der Waals surface area contributed by atoms with Gasteiger partial charge in [0.25, 0.3) is 0 Å². The van der Waals surface area contributed by atoms with Crippen molar-refractivity contribution in [2.24, 2.45) is 10.3 Å². The fourth-order valence-electron chi connectivity index (χ4n) is 2.12. The van der Waals surface area contributed by atoms with Crippen molar-refractivity contribution in [2.75, 3.05) is 0 Å². The van der Waals surface area contributed by atoms with Crippen LogP contribution in [0, 0.1) is 5.41 Å². The summed E-state index contributed by atoms with van der Waals surface area (Å²) in [5, 5.41) is 27.8. The molecule has 1 aromatic rings. The van der Waals surface area contributed by atoms with Gasteiger partial charge in [-0.05, 0) is 23.3 Å². The second kappa shape index (κ2) is 4.33.